The SMILES string of the molecule is Cc1c(F)cccc1-c1cc2c(cc1OC(C)(C)C(=O)O)OCC2. The lowest BCUT2D eigenvalue weighted by Crippen LogP contribution is -2.38. The van der Waals surface area contributed by atoms with E-state index in [1.807, 2.05) is 6.07 Å². The van der Waals surface area contributed by atoms with Gasteiger partial charge in [-0.3, -0.25) is 0 Å². The third-order valence-electron chi connectivity index (χ3n) is 4.23. The quantitative estimate of drug-likeness (QED) is 0.921. The maximum absolute atomic E-state index is 14.0. The van der Waals surface area contributed by atoms with E-state index in [2.05, 4.69) is 0 Å². The molecular formula is C19H19FO4. The number of hydrogen-bond donors (Lipinski definition) is 1. The molecule has 24 heavy (non-hydrogen) atoms. The van der Waals surface area contributed by atoms with Crippen molar-refractivity contribution in [1.82, 2.24) is 0 Å². The third-order valence-corrected chi connectivity index (χ3v) is 4.23. The monoisotopic (exact) mass is 330 g/mol. The summed E-state index contributed by atoms with van der Waals surface area (Å²) in [6.45, 7) is 5.22. The summed E-state index contributed by atoms with van der Waals surface area (Å²) in [5.74, 6) is -0.334. The van der Waals surface area contributed by atoms with E-state index in [0.717, 1.165) is 12.0 Å². The van der Waals surface area contributed by atoms with Crippen LogP contribution in [0.15, 0.2) is 30.3 Å². The highest BCUT2D eigenvalue weighted by molar-refractivity contribution is 5.79. The molecule has 0 bridgehead atoms. The number of carbonyl (C=O) groups is 1. The van der Waals surface area contributed by atoms with E-state index in [1.165, 1.54) is 19.9 Å². The van der Waals surface area contributed by atoms with Crippen LogP contribution in [-0.2, 0) is 11.2 Å². The Morgan fingerprint density at radius 2 is 2.04 bits per heavy atom. The minimum Gasteiger partial charge on any atom is -0.493 e. The van der Waals surface area contributed by atoms with Crippen molar-refractivity contribution in [2.45, 2.75) is 32.8 Å². The van der Waals surface area contributed by atoms with Gasteiger partial charge >= 0.3 is 5.97 Å². The molecular weight excluding hydrogens is 311 g/mol. The van der Waals surface area contributed by atoms with Crippen LogP contribution in [0.25, 0.3) is 11.1 Å². The van der Waals surface area contributed by atoms with E-state index >= 15 is 0 Å². The molecule has 2 aromatic rings. The van der Waals surface area contributed by atoms with Gasteiger partial charge in [0.05, 0.1) is 6.61 Å². The predicted octanol–water partition coefficient (Wildman–Crippen LogP) is 3.98. The average Bonchev–Trinajstić information content (AvgIpc) is 2.96. The number of rotatable bonds is 4. The largest absolute Gasteiger partial charge is 0.493 e. The molecule has 1 aliphatic rings. The Balaban J connectivity index is 2.17. The maximum atomic E-state index is 14.0. The molecule has 0 atom stereocenters. The van der Waals surface area contributed by atoms with Crippen molar-refractivity contribution in [3.8, 4) is 22.6 Å². The van der Waals surface area contributed by atoms with Crippen LogP contribution in [0.2, 0.25) is 0 Å². The summed E-state index contributed by atoms with van der Waals surface area (Å²) in [6, 6.07) is 8.44. The molecule has 1 heterocycles. The molecule has 0 amide bonds. The van der Waals surface area contributed by atoms with Crippen molar-refractivity contribution in [2.75, 3.05) is 6.61 Å². The fourth-order valence-electron chi connectivity index (χ4n) is 2.72. The van der Waals surface area contributed by atoms with Crippen molar-refractivity contribution in [1.29, 1.82) is 0 Å². The van der Waals surface area contributed by atoms with Crippen molar-refractivity contribution in [3.63, 3.8) is 0 Å². The van der Waals surface area contributed by atoms with Crippen LogP contribution in [0.3, 0.4) is 0 Å². The molecule has 3 rings (SSSR count). The zero-order chi connectivity index (χ0) is 17.5. The van der Waals surface area contributed by atoms with E-state index in [9.17, 15) is 14.3 Å². The van der Waals surface area contributed by atoms with Crippen LogP contribution in [0.4, 0.5) is 4.39 Å². The summed E-state index contributed by atoms with van der Waals surface area (Å²) >= 11 is 0. The number of carboxylic acids is 1. The van der Waals surface area contributed by atoms with Gasteiger partial charge in [-0.25, -0.2) is 9.18 Å². The number of carboxylic acid groups (broad SMARTS) is 1. The highest BCUT2D eigenvalue weighted by Crippen LogP contribution is 2.41. The van der Waals surface area contributed by atoms with Gasteiger partial charge in [-0.05, 0) is 49.6 Å². The van der Waals surface area contributed by atoms with Gasteiger partial charge in [0.1, 0.15) is 17.3 Å². The fraction of sp³-hybridized carbons (Fsp3) is 0.316. The zero-order valence-corrected chi connectivity index (χ0v) is 13.9. The van der Waals surface area contributed by atoms with Gasteiger partial charge in [-0.1, -0.05) is 12.1 Å². The highest BCUT2D eigenvalue weighted by atomic mass is 19.1. The van der Waals surface area contributed by atoms with E-state index in [4.69, 9.17) is 9.47 Å². The standard InChI is InChI=1S/C19H19FO4/c1-11-13(5-4-6-15(11)20)14-9-12-7-8-23-16(12)10-17(14)24-19(2,3)18(21)22/h4-6,9-10H,7-8H2,1-3H3,(H,21,22). The first-order chi connectivity index (χ1) is 11.3. The molecule has 2 aromatic carbocycles. The molecule has 126 valence electrons. The molecule has 0 unspecified atom stereocenters. The first-order valence-electron chi connectivity index (χ1n) is 7.77. The summed E-state index contributed by atoms with van der Waals surface area (Å²) in [6.07, 6.45) is 0.763. The molecule has 0 aromatic heterocycles. The summed E-state index contributed by atoms with van der Waals surface area (Å²) in [4.78, 5) is 11.4. The first kappa shape index (κ1) is 16.3. The smallest absolute Gasteiger partial charge is 0.347 e. The fourth-order valence-corrected chi connectivity index (χ4v) is 2.72. The van der Waals surface area contributed by atoms with E-state index in [-0.39, 0.29) is 5.82 Å². The first-order valence-corrected chi connectivity index (χ1v) is 7.77. The second kappa shape index (κ2) is 5.82. The predicted molar refractivity (Wildman–Crippen MR) is 88.1 cm³/mol. The second-order valence-electron chi connectivity index (χ2n) is 6.38. The summed E-state index contributed by atoms with van der Waals surface area (Å²) < 4.78 is 25.3. The molecule has 1 N–H and O–H groups in total. The Labute approximate surface area is 139 Å². The molecule has 5 heteroatoms. The van der Waals surface area contributed by atoms with Crippen LogP contribution in [0.1, 0.15) is 25.0 Å². The Morgan fingerprint density at radius 3 is 2.75 bits per heavy atom. The molecule has 1 aliphatic heterocycles. The van der Waals surface area contributed by atoms with Gasteiger partial charge < -0.3 is 14.6 Å². The van der Waals surface area contributed by atoms with Crippen LogP contribution in [0.5, 0.6) is 11.5 Å². The lowest BCUT2D eigenvalue weighted by molar-refractivity contribution is -0.152. The van der Waals surface area contributed by atoms with Crippen LogP contribution in [-0.4, -0.2) is 23.3 Å². The minimum absolute atomic E-state index is 0.312. The number of fused-ring (bicyclic) bond motifs is 1. The molecule has 0 saturated heterocycles. The van der Waals surface area contributed by atoms with Crippen molar-refractivity contribution >= 4 is 5.97 Å². The van der Waals surface area contributed by atoms with Crippen molar-refractivity contribution in [2.24, 2.45) is 0 Å². The third kappa shape index (κ3) is 2.82. The summed E-state index contributed by atoms with van der Waals surface area (Å²) in [5, 5.41) is 9.34. The highest BCUT2D eigenvalue weighted by Gasteiger charge is 2.31. The lowest BCUT2D eigenvalue weighted by Gasteiger charge is -2.24. The van der Waals surface area contributed by atoms with Crippen LogP contribution < -0.4 is 9.47 Å². The number of halogens is 1. The zero-order valence-electron chi connectivity index (χ0n) is 13.9. The minimum atomic E-state index is -1.41. The Hall–Kier alpha value is -2.56. The van der Waals surface area contributed by atoms with Gasteiger partial charge in [-0.15, -0.1) is 0 Å². The normalized spacial score (nSPS) is 13.3. The molecule has 0 fully saturated rings. The molecule has 0 radical (unpaired) electrons. The van der Waals surface area contributed by atoms with Crippen molar-refractivity contribution < 1.29 is 23.8 Å². The number of benzene rings is 2. The topological polar surface area (TPSA) is 55.8 Å². The van der Waals surface area contributed by atoms with Gasteiger partial charge in [-0.2, -0.15) is 0 Å². The number of aliphatic carboxylic acids is 1. The molecule has 0 saturated carbocycles. The van der Waals surface area contributed by atoms with Crippen molar-refractivity contribution in [3.05, 3.63) is 47.3 Å². The van der Waals surface area contributed by atoms with Crippen LogP contribution in [0, 0.1) is 12.7 Å². The number of hydrogen-bond acceptors (Lipinski definition) is 3. The molecule has 0 aliphatic carbocycles. The average molecular weight is 330 g/mol. The second-order valence-corrected chi connectivity index (χ2v) is 6.38. The summed E-state index contributed by atoms with van der Waals surface area (Å²) in [7, 11) is 0. The maximum Gasteiger partial charge on any atom is 0.347 e. The van der Waals surface area contributed by atoms with Gasteiger partial charge in [0.25, 0.3) is 0 Å². The van der Waals surface area contributed by atoms with Gasteiger partial charge in [0, 0.05) is 18.1 Å². The van der Waals surface area contributed by atoms with Gasteiger partial charge in [0.15, 0.2) is 5.60 Å². The van der Waals surface area contributed by atoms with E-state index in [0.29, 0.717) is 34.8 Å². The summed E-state index contributed by atoms with van der Waals surface area (Å²) in [5.41, 5.74) is 1.44. The van der Waals surface area contributed by atoms with Crippen LogP contribution >= 0.6 is 0 Å². The molecule has 0 spiro atoms. The van der Waals surface area contributed by atoms with Gasteiger partial charge in [0.2, 0.25) is 0 Å². The lowest BCUT2D eigenvalue weighted by atomic mass is 9.96. The molecule has 4 nitrogen and oxygen atoms in total. The van der Waals surface area contributed by atoms with E-state index in [1.54, 1.807) is 25.1 Å². The Morgan fingerprint density at radius 1 is 1.29 bits per heavy atom. The Bertz CT molecular complexity index is 811. The Kier molecular flexibility index (Phi) is 3.95. The number of ether oxygens (including phenoxy) is 2. The van der Waals surface area contributed by atoms with E-state index < -0.39 is 11.6 Å².